The SMILES string of the molecule is CC1CCC(C)N(c2c(CN)cnc3ccccc23)C1. The molecule has 0 radical (unpaired) electrons. The fourth-order valence-corrected chi connectivity index (χ4v) is 3.26. The van der Waals surface area contributed by atoms with Crippen LogP contribution in [0.2, 0.25) is 0 Å². The van der Waals surface area contributed by atoms with Crippen molar-refractivity contribution in [2.45, 2.75) is 39.3 Å². The fourth-order valence-electron chi connectivity index (χ4n) is 3.26. The van der Waals surface area contributed by atoms with E-state index in [1.165, 1.54) is 23.9 Å². The van der Waals surface area contributed by atoms with E-state index in [-0.39, 0.29) is 0 Å². The average Bonchev–Trinajstić information content (AvgIpc) is 2.48. The Balaban J connectivity index is 2.17. The number of pyridine rings is 1. The van der Waals surface area contributed by atoms with Crippen molar-refractivity contribution < 1.29 is 0 Å². The predicted octanol–water partition coefficient (Wildman–Crippen LogP) is 3.32. The Morgan fingerprint density at radius 1 is 1.25 bits per heavy atom. The van der Waals surface area contributed by atoms with Crippen LogP contribution in [0.15, 0.2) is 30.5 Å². The van der Waals surface area contributed by atoms with Crippen molar-refractivity contribution >= 4 is 16.6 Å². The molecule has 0 spiro atoms. The van der Waals surface area contributed by atoms with Gasteiger partial charge in [-0.3, -0.25) is 4.98 Å². The highest BCUT2D eigenvalue weighted by atomic mass is 15.2. The number of para-hydroxylation sites is 1. The van der Waals surface area contributed by atoms with E-state index in [0.29, 0.717) is 12.6 Å². The zero-order valence-electron chi connectivity index (χ0n) is 12.3. The van der Waals surface area contributed by atoms with Crippen molar-refractivity contribution in [2.24, 2.45) is 11.7 Å². The number of rotatable bonds is 2. The molecule has 0 saturated carbocycles. The summed E-state index contributed by atoms with van der Waals surface area (Å²) in [6.45, 7) is 6.32. The van der Waals surface area contributed by atoms with Gasteiger partial charge in [-0.25, -0.2) is 0 Å². The highest BCUT2D eigenvalue weighted by Crippen LogP contribution is 2.35. The quantitative estimate of drug-likeness (QED) is 0.909. The Hall–Kier alpha value is -1.61. The maximum Gasteiger partial charge on any atom is 0.0723 e. The average molecular weight is 269 g/mol. The van der Waals surface area contributed by atoms with Crippen LogP contribution in [0.3, 0.4) is 0 Å². The summed E-state index contributed by atoms with van der Waals surface area (Å²) in [5, 5.41) is 1.23. The molecule has 1 saturated heterocycles. The lowest BCUT2D eigenvalue weighted by Crippen LogP contribution is -2.41. The molecule has 2 aromatic rings. The number of nitrogens with zero attached hydrogens (tertiary/aromatic N) is 2. The molecule has 2 N–H and O–H groups in total. The van der Waals surface area contributed by atoms with Gasteiger partial charge < -0.3 is 10.6 Å². The molecule has 20 heavy (non-hydrogen) atoms. The normalized spacial score (nSPS) is 23.2. The zero-order valence-corrected chi connectivity index (χ0v) is 12.3. The molecular formula is C17H23N3. The second-order valence-corrected chi connectivity index (χ2v) is 6.04. The third-order valence-electron chi connectivity index (χ3n) is 4.45. The number of fused-ring (bicyclic) bond motifs is 1. The number of anilines is 1. The van der Waals surface area contributed by atoms with E-state index in [2.05, 4.69) is 41.9 Å². The lowest BCUT2D eigenvalue weighted by Gasteiger charge is -2.40. The van der Waals surface area contributed by atoms with Crippen LogP contribution in [0, 0.1) is 5.92 Å². The van der Waals surface area contributed by atoms with Gasteiger partial charge in [0.1, 0.15) is 0 Å². The van der Waals surface area contributed by atoms with Crippen molar-refractivity contribution in [1.29, 1.82) is 0 Å². The molecule has 2 atom stereocenters. The molecule has 3 nitrogen and oxygen atoms in total. The summed E-state index contributed by atoms with van der Waals surface area (Å²) < 4.78 is 0. The third kappa shape index (κ3) is 2.27. The summed E-state index contributed by atoms with van der Waals surface area (Å²) in [4.78, 5) is 7.09. The first-order valence-corrected chi connectivity index (χ1v) is 7.54. The van der Waals surface area contributed by atoms with Crippen molar-refractivity contribution in [1.82, 2.24) is 4.98 Å². The number of hydrogen-bond acceptors (Lipinski definition) is 3. The maximum atomic E-state index is 5.96. The minimum absolute atomic E-state index is 0.546. The minimum Gasteiger partial charge on any atom is -0.368 e. The van der Waals surface area contributed by atoms with Gasteiger partial charge in [-0.15, -0.1) is 0 Å². The van der Waals surface area contributed by atoms with E-state index in [0.717, 1.165) is 23.5 Å². The van der Waals surface area contributed by atoms with Crippen LogP contribution in [-0.4, -0.2) is 17.6 Å². The first kappa shape index (κ1) is 13.4. The monoisotopic (exact) mass is 269 g/mol. The number of aromatic nitrogens is 1. The van der Waals surface area contributed by atoms with Crippen LogP contribution < -0.4 is 10.6 Å². The summed E-state index contributed by atoms with van der Waals surface area (Å²) in [6, 6.07) is 8.96. The Labute approximate surface area is 120 Å². The molecule has 1 aromatic carbocycles. The number of hydrogen-bond donors (Lipinski definition) is 1. The largest absolute Gasteiger partial charge is 0.368 e. The number of nitrogens with two attached hydrogens (primary N) is 1. The summed E-state index contributed by atoms with van der Waals surface area (Å²) in [5.74, 6) is 0.740. The van der Waals surface area contributed by atoms with E-state index in [9.17, 15) is 0 Å². The first-order chi connectivity index (χ1) is 9.70. The van der Waals surface area contributed by atoms with E-state index in [4.69, 9.17) is 5.73 Å². The zero-order chi connectivity index (χ0) is 14.1. The standard InChI is InChI=1S/C17H23N3/c1-12-7-8-13(2)20(11-12)17-14(9-18)10-19-16-6-4-3-5-15(16)17/h3-6,10,12-13H,7-9,11,18H2,1-2H3. The van der Waals surface area contributed by atoms with Crippen molar-refractivity contribution in [3.8, 4) is 0 Å². The maximum absolute atomic E-state index is 5.96. The summed E-state index contributed by atoms with van der Waals surface area (Å²) in [7, 11) is 0. The van der Waals surface area contributed by atoms with E-state index in [1.807, 2.05) is 12.3 Å². The van der Waals surface area contributed by atoms with Crippen LogP contribution in [0.5, 0.6) is 0 Å². The smallest absolute Gasteiger partial charge is 0.0723 e. The second-order valence-electron chi connectivity index (χ2n) is 6.04. The third-order valence-corrected chi connectivity index (χ3v) is 4.45. The van der Waals surface area contributed by atoms with Gasteiger partial charge >= 0.3 is 0 Å². The van der Waals surface area contributed by atoms with Crippen LogP contribution in [0.25, 0.3) is 10.9 Å². The Kier molecular flexibility index (Phi) is 3.62. The topological polar surface area (TPSA) is 42.1 Å². The van der Waals surface area contributed by atoms with Gasteiger partial charge in [0.05, 0.1) is 11.2 Å². The molecule has 3 heteroatoms. The van der Waals surface area contributed by atoms with Gasteiger partial charge in [-0.1, -0.05) is 25.1 Å². The van der Waals surface area contributed by atoms with E-state index >= 15 is 0 Å². The minimum atomic E-state index is 0.546. The Morgan fingerprint density at radius 2 is 2.05 bits per heavy atom. The highest BCUT2D eigenvalue weighted by molar-refractivity contribution is 5.93. The van der Waals surface area contributed by atoms with Gasteiger partial charge in [0, 0.05) is 36.3 Å². The van der Waals surface area contributed by atoms with E-state index in [1.54, 1.807) is 0 Å². The molecule has 2 unspecified atom stereocenters. The first-order valence-electron chi connectivity index (χ1n) is 7.54. The molecular weight excluding hydrogens is 246 g/mol. The van der Waals surface area contributed by atoms with Crippen molar-refractivity contribution in [3.05, 3.63) is 36.0 Å². The molecule has 106 valence electrons. The molecule has 1 aliphatic rings. The number of piperidine rings is 1. The molecule has 1 aliphatic heterocycles. The van der Waals surface area contributed by atoms with Crippen molar-refractivity contribution in [3.63, 3.8) is 0 Å². The van der Waals surface area contributed by atoms with Gasteiger partial charge in [0.2, 0.25) is 0 Å². The summed E-state index contributed by atoms with van der Waals surface area (Å²) >= 11 is 0. The number of benzene rings is 1. The summed E-state index contributed by atoms with van der Waals surface area (Å²) in [5.41, 5.74) is 9.48. The molecule has 1 aromatic heterocycles. The van der Waals surface area contributed by atoms with E-state index < -0.39 is 0 Å². The van der Waals surface area contributed by atoms with Gasteiger partial charge in [0.15, 0.2) is 0 Å². The lowest BCUT2D eigenvalue weighted by atomic mass is 9.93. The second kappa shape index (κ2) is 5.41. The van der Waals surface area contributed by atoms with Gasteiger partial charge in [-0.2, -0.15) is 0 Å². The molecule has 1 fully saturated rings. The lowest BCUT2D eigenvalue weighted by molar-refractivity contribution is 0.390. The van der Waals surface area contributed by atoms with Crippen LogP contribution in [0.4, 0.5) is 5.69 Å². The molecule has 3 rings (SSSR count). The van der Waals surface area contributed by atoms with Crippen LogP contribution >= 0.6 is 0 Å². The Bertz CT molecular complexity index is 608. The molecule has 0 amide bonds. The van der Waals surface area contributed by atoms with Crippen LogP contribution in [0.1, 0.15) is 32.3 Å². The van der Waals surface area contributed by atoms with Gasteiger partial charge in [0.25, 0.3) is 0 Å². The van der Waals surface area contributed by atoms with Crippen LogP contribution in [-0.2, 0) is 6.54 Å². The highest BCUT2D eigenvalue weighted by Gasteiger charge is 2.26. The summed E-state index contributed by atoms with van der Waals surface area (Å²) in [6.07, 6.45) is 4.52. The molecule has 0 bridgehead atoms. The van der Waals surface area contributed by atoms with Crippen molar-refractivity contribution in [2.75, 3.05) is 11.4 Å². The molecule has 2 heterocycles. The molecule has 0 aliphatic carbocycles. The van der Waals surface area contributed by atoms with Gasteiger partial charge in [-0.05, 0) is 31.7 Å². The Morgan fingerprint density at radius 3 is 2.85 bits per heavy atom. The predicted molar refractivity (Wildman–Crippen MR) is 84.8 cm³/mol. The fraction of sp³-hybridized carbons (Fsp3) is 0.471.